The van der Waals surface area contributed by atoms with Crippen LogP contribution >= 0.6 is 11.5 Å². The molecule has 6 nitrogen and oxygen atoms in total. The molecule has 0 spiro atoms. The van der Waals surface area contributed by atoms with Crippen molar-refractivity contribution in [2.45, 2.75) is 13.0 Å². The number of hydrogen-bond donors (Lipinski definition) is 2. The quantitative estimate of drug-likeness (QED) is 0.761. The van der Waals surface area contributed by atoms with Crippen LogP contribution in [0.25, 0.3) is 10.2 Å². The summed E-state index contributed by atoms with van der Waals surface area (Å²) in [5.74, 6) is 0.0978. The Hall–Kier alpha value is -2.67. The van der Waals surface area contributed by atoms with Gasteiger partial charge in [-0.25, -0.2) is 9.78 Å². The van der Waals surface area contributed by atoms with E-state index < -0.39 is 17.6 Å². The van der Waals surface area contributed by atoms with Crippen molar-refractivity contribution >= 4 is 27.8 Å². The van der Waals surface area contributed by atoms with Gasteiger partial charge in [0, 0.05) is 11.8 Å². The van der Waals surface area contributed by atoms with Gasteiger partial charge in [0.15, 0.2) is 0 Å². The Morgan fingerprint density at radius 2 is 2.09 bits per heavy atom. The highest BCUT2D eigenvalue weighted by atomic mass is 32.1. The molecule has 0 bridgehead atoms. The van der Waals surface area contributed by atoms with E-state index in [4.69, 9.17) is 0 Å². The number of nitrogens with one attached hydrogen (secondary N) is 1. The van der Waals surface area contributed by atoms with Crippen molar-refractivity contribution in [3.05, 3.63) is 58.5 Å². The number of carbonyl (C=O) groups excluding carboxylic acids is 1. The van der Waals surface area contributed by atoms with Crippen LogP contribution in [0.2, 0.25) is 0 Å². The molecule has 22 heavy (non-hydrogen) atoms. The van der Waals surface area contributed by atoms with Gasteiger partial charge in [0.25, 0.3) is 5.56 Å². The molecular weight excluding hydrogens is 302 g/mol. The molecule has 0 aliphatic rings. The Morgan fingerprint density at radius 3 is 2.82 bits per heavy atom. The minimum Gasteiger partial charge on any atom is -0.508 e. The van der Waals surface area contributed by atoms with Crippen LogP contribution in [-0.4, -0.2) is 20.1 Å². The molecule has 2 aromatic heterocycles. The summed E-state index contributed by atoms with van der Waals surface area (Å²) >= 11 is 0.992. The first-order valence-corrected chi connectivity index (χ1v) is 7.41. The number of hydrogen-bond acceptors (Lipinski definition) is 5. The van der Waals surface area contributed by atoms with E-state index in [1.807, 2.05) is 0 Å². The van der Waals surface area contributed by atoms with Crippen molar-refractivity contribution in [2.24, 2.45) is 0 Å². The Morgan fingerprint density at radius 1 is 1.32 bits per heavy atom. The van der Waals surface area contributed by atoms with Gasteiger partial charge in [-0.15, -0.1) is 0 Å². The van der Waals surface area contributed by atoms with Crippen LogP contribution in [0.3, 0.4) is 0 Å². The molecule has 3 aromatic rings. The second-order valence-electron chi connectivity index (χ2n) is 4.78. The summed E-state index contributed by atoms with van der Waals surface area (Å²) in [6.07, 6.45) is 1.57. The minimum atomic E-state index is -0.538. The summed E-state index contributed by atoms with van der Waals surface area (Å²) in [5, 5.41) is 12.9. The zero-order chi connectivity index (χ0) is 15.7. The number of pyridine rings is 1. The molecule has 0 fully saturated rings. The van der Waals surface area contributed by atoms with Crippen molar-refractivity contribution in [3.63, 3.8) is 0 Å². The number of amides is 1. The molecule has 1 amide bonds. The molecule has 0 saturated heterocycles. The van der Waals surface area contributed by atoms with Gasteiger partial charge in [-0.05, 0) is 36.7 Å². The fourth-order valence-corrected chi connectivity index (χ4v) is 3.02. The molecule has 0 aliphatic heterocycles. The topological polar surface area (TPSA) is 84.2 Å². The van der Waals surface area contributed by atoms with Gasteiger partial charge in [0.05, 0.1) is 11.4 Å². The second kappa shape index (κ2) is 5.61. The third-order valence-corrected chi connectivity index (χ3v) is 4.30. The van der Waals surface area contributed by atoms with E-state index in [1.165, 1.54) is 0 Å². The smallest absolute Gasteiger partial charge is 0.338 e. The zero-order valence-corrected chi connectivity index (χ0v) is 12.5. The average molecular weight is 315 g/mol. The van der Waals surface area contributed by atoms with E-state index >= 15 is 0 Å². The van der Waals surface area contributed by atoms with Crippen LogP contribution in [0.15, 0.2) is 47.4 Å². The lowest BCUT2D eigenvalue weighted by Crippen LogP contribution is -2.34. The summed E-state index contributed by atoms with van der Waals surface area (Å²) in [7, 11) is 0. The lowest BCUT2D eigenvalue weighted by molar-refractivity contribution is 0.241. The number of rotatable bonds is 2. The van der Waals surface area contributed by atoms with Crippen LogP contribution in [0, 0.1) is 0 Å². The molecule has 3 rings (SSSR count). The molecule has 1 aromatic carbocycles. The van der Waals surface area contributed by atoms with Crippen LogP contribution in [0.4, 0.5) is 4.79 Å². The van der Waals surface area contributed by atoms with E-state index in [-0.39, 0.29) is 5.75 Å². The number of phenols is 1. The fourth-order valence-electron chi connectivity index (χ4n) is 2.17. The van der Waals surface area contributed by atoms with Gasteiger partial charge in [-0.1, -0.05) is 18.2 Å². The van der Waals surface area contributed by atoms with Crippen molar-refractivity contribution in [1.82, 2.24) is 14.3 Å². The highest BCUT2D eigenvalue weighted by Crippen LogP contribution is 2.23. The van der Waals surface area contributed by atoms with E-state index in [0.29, 0.717) is 15.8 Å². The van der Waals surface area contributed by atoms with Crippen molar-refractivity contribution in [1.29, 1.82) is 0 Å². The predicted molar refractivity (Wildman–Crippen MR) is 84.3 cm³/mol. The Bertz CT molecular complexity index is 900. The monoisotopic (exact) mass is 315 g/mol. The molecule has 0 saturated carbocycles. The fraction of sp³-hybridized carbons (Fsp3) is 0.133. The lowest BCUT2D eigenvalue weighted by atomic mass is 10.1. The summed E-state index contributed by atoms with van der Waals surface area (Å²) < 4.78 is 1.04. The molecule has 0 unspecified atom stereocenters. The second-order valence-corrected chi connectivity index (χ2v) is 5.71. The summed E-state index contributed by atoms with van der Waals surface area (Å²) in [4.78, 5) is 29.0. The Labute approximate surface area is 129 Å². The highest BCUT2D eigenvalue weighted by Gasteiger charge is 2.18. The van der Waals surface area contributed by atoms with Crippen LogP contribution < -0.4 is 10.9 Å². The van der Waals surface area contributed by atoms with Crippen molar-refractivity contribution < 1.29 is 9.90 Å². The molecule has 7 heteroatoms. The summed E-state index contributed by atoms with van der Waals surface area (Å²) in [6, 6.07) is 9.06. The normalized spacial score (nSPS) is 12.2. The Kier molecular flexibility index (Phi) is 3.64. The molecule has 112 valence electrons. The minimum absolute atomic E-state index is 0.0978. The number of benzene rings is 1. The predicted octanol–water partition coefficient (Wildman–Crippen LogP) is 2.48. The molecular formula is C15H13N3O3S. The van der Waals surface area contributed by atoms with Gasteiger partial charge >= 0.3 is 6.03 Å². The van der Waals surface area contributed by atoms with Gasteiger partial charge < -0.3 is 10.4 Å². The van der Waals surface area contributed by atoms with Gasteiger partial charge in [0.2, 0.25) is 0 Å². The SMILES string of the molecule is C[C@@H](NC(=O)n1sc2ncccc2c1=O)c1ccccc1O. The van der Waals surface area contributed by atoms with Crippen molar-refractivity contribution in [3.8, 4) is 5.75 Å². The molecule has 0 aliphatic carbocycles. The largest absolute Gasteiger partial charge is 0.508 e. The number of para-hydroxylation sites is 1. The molecule has 2 heterocycles. The van der Waals surface area contributed by atoms with Gasteiger partial charge in [-0.2, -0.15) is 3.96 Å². The standard InChI is InChI=1S/C15H13N3O3S/c1-9(10-5-2-3-7-12(10)19)17-15(21)18-14(20)11-6-4-8-16-13(11)22-18/h2-9,19H,1H3,(H,17,21)/t9-/m1/s1. The van der Waals surface area contributed by atoms with E-state index in [2.05, 4.69) is 10.3 Å². The maximum Gasteiger partial charge on any atom is 0.338 e. The molecule has 1 atom stereocenters. The first-order valence-electron chi connectivity index (χ1n) is 6.63. The van der Waals surface area contributed by atoms with Gasteiger partial charge in [0.1, 0.15) is 10.6 Å². The van der Waals surface area contributed by atoms with E-state index in [0.717, 1.165) is 15.5 Å². The number of fused-ring (bicyclic) bond motifs is 1. The van der Waals surface area contributed by atoms with E-state index in [9.17, 15) is 14.7 Å². The maximum atomic E-state index is 12.3. The zero-order valence-electron chi connectivity index (χ0n) is 11.7. The first-order chi connectivity index (χ1) is 10.6. The lowest BCUT2D eigenvalue weighted by Gasteiger charge is -2.14. The van der Waals surface area contributed by atoms with E-state index in [1.54, 1.807) is 49.5 Å². The summed E-state index contributed by atoms with van der Waals surface area (Å²) in [5.41, 5.74) is 0.193. The first kappa shape index (κ1) is 14.3. The molecule has 2 N–H and O–H groups in total. The number of phenolic OH excluding ortho intramolecular Hbond substituents is 1. The summed E-state index contributed by atoms with van der Waals surface area (Å²) in [6.45, 7) is 1.74. The number of aromatic hydroxyl groups is 1. The average Bonchev–Trinajstić information content (AvgIpc) is 2.85. The number of aromatic nitrogens is 2. The third kappa shape index (κ3) is 2.46. The van der Waals surface area contributed by atoms with Crippen molar-refractivity contribution in [2.75, 3.05) is 0 Å². The Balaban J connectivity index is 1.89. The van der Waals surface area contributed by atoms with Crippen LogP contribution in [-0.2, 0) is 0 Å². The number of nitrogens with zero attached hydrogens (tertiary/aromatic N) is 2. The number of carbonyl (C=O) groups is 1. The van der Waals surface area contributed by atoms with Gasteiger partial charge in [-0.3, -0.25) is 4.79 Å². The third-order valence-electron chi connectivity index (χ3n) is 3.29. The van der Waals surface area contributed by atoms with Crippen LogP contribution in [0.1, 0.15) is 18.5 Å². The molecule has 0 radical (unpaired) electrons. The maximum absolute atomic E-state index is 12.3. The van der Waals surface area contributed by atoms with Crippen LogP contribution in [0.5, 0.6) is 5.75 Å². The highest BCUT2D eigenvalue weighted by molar-refractivity contribution is 7.14.